The summed E-state index contributed by atoms with van der Waals surface area (Å²) in [4.78, 5) is 13.7. The molecular weight excluding hydrogens is 204 g/mol. The van der Waals surface area contributed by atoms with Crippen LogP contribution in [0.4, 0.5) is 0 Å². The number of hydrogen-bond donors (Lipinski definition) is 2. The summed E-state index contributed by atoms with van der Waals surface area (Å²) in [5.41, 5.74) is 0. The second kappa shape index (κ2) is 7.63. The van der Waals surface area contributed by atoms with Crippen LogP contribution in [0.5, 0.6) is 0 Å². The minimum atomic E-state index is 0.135. The van der Waals surface area contributed by atoms with Crippen LogP contribution in [0.3, 0.4) is 0 Å². The maximum Gasteiger partial charge on any atom is 0.221 e. The first-order valence-corrected chi connectivity index (χ1v) is 6.39. The second-order valence-electron chi connectivity index (χ2n) is 4.40. The Morgan fingerprint density at radius 2 is 2.19 bits per heavy atom. The molecule has 4 heteroatoms. The largest absolute Gasteiger partial charge is 0.396 e. The van der Waals surface area contributed by atoms with E-state index < -0.39 is 0 Å². The van der Waals surface area contributed by atoms with Crippen LogP contribution < -0.4 is 5.32 Å². The topological polar surface area (TPSA) is 52.6 Å². The van der Waals surface area contributed by atoms with E-state index in [2.05, 4.69) is 10.2 Å². The fourth-order valence-electron chi connectivity index (χ4n) is 2.03. The summed E-state index contributed by atoms with van der Waals surface area (Å²) < 4.78 is 0. The molecule has 0 unspecified atom stereocenters. The van der Waals surface area contributed by atoms with Crippen molar-refractivity contribution in [2.75, 3.05) is 26.2 Å². The molecule has 0 aromatic heterocycles. The van der Waals surface area contributed by atoms with E-state index in [-0.39, 0.29) is 12.5 Å². The van der Waals surface area contributed by atoms with Crippen LogP contribution in [-0.2, 0) is 4.79 Å². The van der Waals surface area contributed by atoms with Crippen LogP contribution in [-0.4, -0.2) is 48.2 Å². The molecule has 0 heterocycles. The van der Waals surface area contributed by atoms with Crippen molar-refractivity contribution in [2.24, 2.45) is 0 Å². The van der Waals surface area contributed by atoms with Crippen LogP contribution in [0.25, 0.3) is 0 Å². The van der Waals surface area contributed by atoms with Crippen LogP contribution >= 0.6 is 0 Å². The van der Waals surface area contributed by atoms with Crippen molar-refractivity contribution in [1.29, 1.82) is 0 Å². The van der Waals surface area contributed by atoms with Gasteiger partial charge in [0.25, 0.3) is 0 Å². The van der Waals surface area contributed by atoms with E-state index >= 15 is 0 Å². The number of carbonyl (C=O) groups excluding carboxylic acids is 1. The third kappa shape index (κ3) is 4.49. The Bertz CT molecular complexity index is 205. The van der Waals surface area contributed by atoms with E-state index in [1.54, 1.807) is 0 Å². The normalized spacial score (nSPS) is 16.2. The summed E-state index contributed by atoms with van der Waals surface area (Å²) >= 11 is 0. The number of nitrogens with zero attached hydrogens (tertiary/aromatic N) is 1. The standard InChI is InChI=1S/C12H24N2O2/c1-2-13-12(16)7-9-14(8-4-10-15)11-5-3-6-11/h11,15H,2-10H2,1H3,(H,13,16). The van der Waals surface area contributed by atoms with Gasteiger partial charge in [-0.25, -0.2) is 0 Å². The smallest absolute Gasteiger partial charge is 0.221 e. The monoisotopic (exact) mass is 228 g/mol. The molecule has 0 spiro atoms. The zero-order valence-corrected chi connectivity index (χ0v) is 10.2. The minimum Gasteiger partial charge on any atom is -0.396 e. The fourth-order valence-corrected chi connectivity index (χ4v) is 2.03. The molecule has 0 aromatic carbocycles. The molecule has 94 valence electrons. The van der Waals surface area contributed by atoms with Crippen LogP contribution in [0.15, 0.2) is 0 Å². The number of hydrogen-bond acceptors (Lipinski definition) is 3. The van der Waals surface area contributed by atoms with Gasteiger partial charge in [-0.1, -0.05) is 6.42 Å². The second-order valence-corrected chi connectivity index (χ2v) is 4.40. The highest BCUT2D eigenvalue weighted by Gasteiger charge is 2.24. The molecule has 1 aliphatic carbocycles. The lowest BCUT2D eigenvalue weighted by Gasteiger charge is -2.37. The maximum absolute atomic E-state index is 11.4. The first-order chi connectivity index (χ1) is 7.77. The van der Waals surface area contributed by atoms with Gasteiger partial charge in [-0.3, -0.25) is 9.69 Å². The highest BCUT2D eigenvalue weighted by atomic mass is 16.3. The van der Waals surface area contributed by atoms with Gasteiger partial charge in [-0.05, 0) is 26.2 Å². The van der Waals surface area contributed by atoms with E-state index in [1.165, 1.54) is 19.3 Å². The lowest BCUT2D eigenvalue weighted by Crippen LogP contribution is -2.42. The zero-order chi connectivity index (χ0) is 11.8. The van der Waals surface area contributed by atoms with E-state index in [0.29, 0.717) is 19.0 Å². The van der Waals surface area contributed by atoms with Gasteiger partial charge < -0.3 is 10.4 Å². The lowest BCUT2D eigenvalue weighted by atomic mass is 9.91. The van der Waals surface area contributed by atoms with E-state index in [9.17, 15) is 4.79 Å². The summed E-state index contributed by atoms with van der Waals surface area (Å²) in [5, 5.41) is 11.7. The molecule has 0 saturated heterocycles. The summed E-state index contributed by atoms with van der Waals surface area (Å²) in [5.74, 6) is 0.135. The van der Waals surface area contributed by atoms with Crippen molar-refractivity contribution in [1.82, 2.24) is 10.2 Å². The predicted molar refractivity (Wildman–Crippen MR) is 64.2 cm³/mol. The van der Waals surface area contributed by atoms with Crippen molar-refractivity contribution in [2.45, 2.75) is 45.1 Å². The van der Waals surface area contributed by atoms with Crippen molar-refractivity contribution in [3.8, 4) is 0 Å². The summed E-state index contributed by atoms with van der Waals surface area (Å²) in [7, 11) is 0. The number of nitrogens with one attached hydrogen (secondary N) is 1. The van der Waals surface area contributed by atoms with Crippen molar-refractivity contribution in [3.63, 3.8) is 0 Å². The summed E-state index contributed by atoms with van der Waals surface area (Å²) in [6, 6.07) is 0.654. The lowest BCUT2D eigenvalue weighted by molar-refractivity contribution is -0.121. The maximum atomic E-state index is 11.4. The van der Waals surface area contributed by atoms with Gasteiger partial charge in [0.2, 0.25) is 5.91 Å². The Balaban J connectivity index is 2.23. The molecule has 0 aliphatic heterocycles. The molecule has 1 fully saturated rings. The first kappa shape index (κ1) is 13.5. The quantitative estimate of drug-likeness (QED) is 0.644. The molecule has 1 rings (SSSR count). The number of aliphatic hydroxyl groups is 1. The van der Waals surface area contributed by atoms with Crippen molar-refractivity contribution in [3.05, 3.63) is 0 Å². The third-order valence-corrected chi connectivity index (χ3v) is 3.19. The molecule has 2 N–H and O–H groups in total. The zero-order valence-electron chi connectivity index (χ0n) is 10.2. The third-order valence-electron chi connectivity index (χ3n) is 3.19. The van der Waals surface area contributed by atoms with Gasteiger partial charge >= 0.3 is 0 Å². The first-order valence-electron chi connectivity index (χ1n) is 6.39. The Hall–Kier alpha value is -0.610. The molecule has 16 heavy (non-hydrogen) atoms. The van der Waals surface area contributed by atoms with Crippen LogP contribution in [0.1, 0.15) is 39.0 Å². The van der Waals surface area contributed by atoms with E-state index in [0.717, 1.165) is 19.5 Å². The highest BCUT2D eigenvalue weighted by Crippen LogP contribution is 2.24. The average Bonchev–Trinajstić information content (AvgIpc) is 2.19. The molecule has 1 amide bonds. The van der Waals surface area contributed by atoms with E-state index in [4.69, 9.17) is 5.11 Å². The van der Waals surface area contributed by atoms with Gasteiger partial charge in [0.15, 0.2) is 0 Å². The SMILES string of the molecule is CCNC(=O)CCN(CCCO)C1CCC1. The minimum absolute atomic E-state index is 0.135. The molecule has 0 radical (unpaired) electrons. The van der Waals surface area contributed by atoms with Crippen molar-refractivity contribution < 1.29 is 9.90 Å². The Morgan fingerprint density at radius 1 is 1.44 bits per heavy atom. The molecule has 0 aromatic rings. The van der Waals surface area contributed by atoms with E-state index in [1.807, 2.05) is 6.92 Å². The predicted octanol–water partition coefficient (Wildman–Crippen LogP) is 0.749. The van der Waals surface area contributed by atoms with Gasteiger partial charge in [0, 0.05) is 38.7 Å². The van der Waals surface area contributed by atoms with Crippen molar-refractivity contribution >= 4 is 5.91 Å². The highest BCUT2D eigenvalue weighted by molar-refractivity contribution is 5.75. The fraction of sp³-hybridized carbons (Fsp3) is 0.917. The van der Waals surface area contributed by atoms with Gasteiger partial charge in [0.05, 0.1) is 0 Å². The Labute approximate surface area is 98.0 Å². The number of carbonyl (C=O) groups is 1. The molecule has 0 bridgehead atoms. The van der Waals surface area contributed by atoms with Crippen LogP contribution in [0, 0.1) is 0 Å². The number of amides is 1. The molecular formula is C12H24N2O2. The number of rotatable bonds is 8. The molecule has 1 aliphatic rings. The summed E-state index contributed by atoms with van der Waals surface area (Å²) in [6.45, 7) is 4.63. The van der Waals surface area contributed by atoms with Gasteiger partial charge in [0.1, 0.15) is 0 Å². The van der Waals surface area contributed by atoms with Gasteiger partial charge in [-0.2, -0.15) is 0 Å². The molecule has 1 saturated carbocycles. The Kier molecular flexibility index (Phi) is 6.42. The molecule has 0 atom stereocenters. The average molecular weight is 228 g/mol. The Morgan fingerprint density at radius 3 is 2.69 bits per heavy atom. The van der Waals surface area contributed by atoms with Crippen LogP contribution in [0.2, 0.25) is 0 Å². The van der Waals surface area contributed by atoms with Gasteiger partial charge in [-0.15, -0.1) is 0 Å². The number of aliphatic hydroxyl groups excluding tert-OH is 1. The summed E-state index contributed by atoms with van der Waals surface area (Å²) in [6.07, 6.45) is 5.20. The molecule has 4 nitrogen and oxygen atoms in total.